The Balaban J connectivity index is 0.000000310. The van der Waals surface area contributed by atoms with E-state index in [0.29, 0.717) is 24.8 Å². The molecule has 5 aromatic rings. The molecule has 0 saturated heterocycles. The van der Waals surface area contributed by atoms with Crippen molar-refractivity contribution in [3.63, 3.8) is 0 Å². The molecule has 2 heterocycles. The first-order chi connectivity index (χ1) is 20.2. The molecule has 0 bridgehead atoms. The van der Waals surface area contributed by atoms with Crippen molar-refractivity contribution >= 4 is 33.2 Å². The van der Waals surface area contributed by atoms with Gasteiger partial charge in [-0.2, -0.15) is 13.4 Å². The lowest BCUT2D eigenvalue weighted by Crippen LogP contribution is -2.35. The van der Waals surface area contributed by atoms with Gasteiger partial charge < -0.3 is 13.9 Å². The largest absolute Gasteiger partial charge is 0.497 e. The second-order valence-corrected chi connectivity index (χ2v) is 10.5. The summed E-state index contributed by atoms with van der Waals surface area (Å²) >= 11 is 4.60. The van der Waals surface area contributed by atoms with Crippen molar-refractivity contribution in [1.82, 2.24) is 4.98 Å². The summed E-state index contributed by atoms with van der Waals surface area (Å²) in [5.41, 5.74) is 3.57. The molecule has 11 heteroatoms. The second-order valence-electron chi connectivity index (χ2n) is 8.92. The highest BCUT2D eigenvalue weighted by Gasteiger charge is 2.11. The van der Waals surface area contributed by atoms with Gasteiger partial charge in [0.2, 0.25) is 5.89 Å². The zero-order valence-corrected chi connectivity index (χ0v) is 24.5. The van der Waals surface area contributed by atoms with Crippen LogP contribution in [0, 0.1) is 6.92 Å². The van der Waals surface area contributed by atoms with Crippen molar-refractivity contribution in [3.8, 4) is 34.3 Å². The SMILES string of the molecule is COc1ccc(-c2cnc(-c3cc[n+](CCOc4ccc(N=C=S)cc4)cc3)o2)cc1.Cc1ccc(S(=O)(=O)O)cc1. The van der Waals surface area contributed by atoms with Crippen molar-refractivity contribution in [2.75, 3.05) is 13.7 Å². The first kappa shape index (κ1) is 30.3. The number of hydrogen-bond acceptors (Lipinski definition) is 8. The number of methoxy groups -OCH3 is 1. The van der Waals surface area contributed by atoms with Crippen molar-refractivity contribution in [2.24, 2.45) is 4.99 Å². The summed E-state index contributed by atoms with van der Waals surface area (Å²) in [6, 6.07) is 25.0. The fourth-order valence-electron chi connectivity index (χ4n) is 3.69. The highest BCUT2D eigenvalue weighted by atomic mass is 32.2. The third-order valence-corrected chi connectivity index (χ3v) is 6.93. The summed E-state index contributed by atoms with van der Waals surface area (Å²) in [5, 5.41) is 2.35. The lowest BCUT2D eigenvalue weighted by atomic mass is 10.2. The zero-order valence-electron chi connectivity index (χ0n) is 22.9. The summed E-state index contributed by atoms with van der Waals surface area (Å²) in [6.45, 7) is 3.09. The summed E-state index contributed by atoms with van der Waals surface area (Å²) in [6.07, 6.45) is 5.69. The molecule has 42 heavy (non-hydrogen) atoms. The molecule has 0 aliphatic rings. The average molecular weight is 603 g/mol. The maximum absolute atomic E-state index is 10.5. The number of benzene rings is 3. The molecule has 0 saturated carbocycles. The third kappa shape index (κ3) is 8.66. The van der Waals surface area contributed by atoms with Crippen LogP contribution in [0.3, 0.4) is 0 Å². The summed E-state index contributed by atoms with van der Waals surface area (Å²) < 4.78 is 48.5. The molecule has 0 aliphatic heterocycles. The Morgan fingerprint density at radius 1 is 0.929 bits per heavy atom. The number of aryl methyl sites for hydroxylation is 1. The molecule has 3 aromatic carbocycles. The lowest BCUT2D eigenvalue weighted by Gasteiger charge is -2.04. The van der Waals surface area contributed by atoms with E-state index in [1.54, 1.807) is 25.4 Å². The van der Waals surface area contributed by atoms with Gasteiger partial charge >= 0.3 is 0 Å². The van der Waals surface area contributed by atoms with E-state index < -0.39 is 10.1 Å². The van der Waals surface area contributed by atoms with Gasteiger partial charge in [-0.15, -0.1) is 0 Å². The van der Waals surface area contributed by atoms with Gasteiger partial charge in [-0.1, -0.05) is 17.7 Å². The molecule has 214 valence electrons. The maximum atomic E-state index is 10.5. The van der Waals surface area contributed by atoms with Crippen molar-refractivity contribution < 1.29 is 31.4 Å². The van der Waals surface area contributed by atoms with Crippen molar-refractivity contribution in [1.29, 1.82) is 0 Å². The minimum Gasteiger partial charge on any atom is -0.497 e. The number of thiocarbonyl (C=S) groups is 1. The van der Waals surface area contributed by atoms with Crippen LogP contribution < -0.4 is 14.0 Å². The van der Waals surface area contributed by atoms with Gasteiger partial charge in [0.05, 0.1) is 29.1 Å². The molecular weight excluding hydrogens is 574 g/mol. The van der Waals surface area contributed by atoms with E-state index in [1.165, 1.54) is 12.1 Å². The quantitative estimate of drug-likeness (QED) is 0.0897. The first-order valence-corrected chi connectivity index (χ1v) is 14.5. The topological polar surface area (TPSA) is 115 Å². The van der Waals surface area contributed by atoms with Gasteiger partial charge in [0.25, 0.3) is 10.1 Å². The van der Waals surface area contributed by atoms with E-state index in [-0.39, 0.29) is 4.90 Å². The summed E-state index contributed by atoms with van der Waals surface area (Å²) in [7, 11) is -2.38. The Morgan fingerprint density at radius 2 is 1.57 bits per heavy atom. The minimum atomic E-state index is -4.02. The standard InChI is InChI=1S/C24H20N3O3S.C7H8O3S/c1-28-21-6-2-18(3-7-21)23-16-25-24(30-23)19-10-12-27(13-11-19)14-15-29-22-8-4-20(5-9-22)26-17-31;1-6-2-4-7(5-3-6)11(8,9)10/h2-13,16H,14-15H2,1H3;2-5H,1H3,(H,8,9,10)/q+1;. The Hall–Kier alpha value is -4.67. The monoisotopic (exact) mass is 602 g/mol. The number of ether oxygens (including phenoxy) is 2. The summed E-state index contributed by atoms with van der Waals surface area (Å²) in [4.78, 5) is 8.26. The van der Waals surface area contributed by atoms with E-state index in [4.69, 9.17) is 18.4 Å². The van der Waals surface area contributed by atoms with Gasteiger partial charge in [-0.25, -0.2) is 9.55 Å². The number of oxazole rings is 1. The van der Waals surface area contributed by atoms with Crippen LogP contribution in [0.5, 0.6) is 11.5 Å². The van der Waals surface area contributed by atoms with Gasteiger partial charge in [0.15, 0.2) is 24.7 Å². The van der Waals surface area contributed by atoms with E-state index >= 15 is 0 Å². The lowest BCUT2D eigenvalue weighted by molar-refractivity contribution is -0.697. The number of aliphatic imine (C=N–C) groups is 1. The Labute approximate surface area is 249 Å². The Bertz CT molecular complexity index is 1750. The number of isothiocyanates is 1. The smallest absolute Gasteiger partial charge is 0.294 e. The van der Waals surface area contributed by atoms with Gasteiger partial charge in [0, 0.05) is 23.3 Å². The van der Waals surface area contributed by atoms with Crippen LogP contribution in [0.4, 0.5) is 5.69 Å². The fourth-order valence-corrected chi connectivity index (χ4v) is 4.28. The van der Waals surface area contributed by atoms with Crippen molar-refractivity contribution in [2.45, 2.75) is 18.4 Å². The molecule has 0 amide bonds. The van der Waals surface area contributed by atoms with Crippen LogP contribution in [0.25, 0.3) is 22.8 Å². The average Bonchev–Trinajstić information content (AvgIpc) is 3.49. The van der Waals surface area contributed by atoms with Crippen LogP contribution in [0.15, 0.2) is 118 Å². The second kappa shape index (κ2) is 14.3. The van der Waals surface area contributed by atoms with Gasteiger partial charge in [-0.3, -0.25) is 4.55 Å². The Morgan fingerprint density at radius 3 is 2.17 bits per heavy atom. The first-order valence-electron chi connectivity index (χ1n) is 12.7. The molecule has 2 aromatic heterocycles. The highest BCUT2D eigenvalue weighted by molar-refractivity contribution is 7.85. The summed E-state index contributed by atoms with van der Waals surface area (Å²) in [5.74, 6) is 2.88. The molecule has 5 rings (SSSR count). The predicted octanol–water partition coefficient (Wildman–Crippen LogP) is 6.36. The molecule has 0 atom stereocenters. The van der Waals surface area contributed by atoms with Gasteiger partial charge in [-0.05, 0) is 79.8 Å². The number of nitrogens with zero attached hydrogens (tertiary/aromatic N) is 3. The maximum Gasteiger partial charge on any atom is 0.294 e. The normalized spacial score (nSPS) is 10.6. The highest BCUT2D eigenvalue weighted by Crippen LogP contribution is 2.27. The van der Waals surface area contributed by atoms with Crippen LogP contribution in [-0.2, 0) is 16.7 Å². The van der Waals surface area contributed by atoms with Crippen molar-refractivity contribution in [3.05, 3.63) is 109 Å². The number of aromatic nitrogens is 2. The van der Waals surface area contributed by atoms with E-state index in [2.05, 4.69) is 27.4 Å². The van der Waals surface area contributed by atoms with E-state index in [0.717, 1.165) is 33.9 Å². The van der Waals surface area contributed by atoms with Crippen LogP contribution in [0.2, 0.25) is 0 Å². The molecule has 0 aliphatic carbocycles. The number of hydrogen-bond donors (Lipinski definition) is 1. The Kier molecular flexibility index (Phi) is 10.3. The molecule has 0 fully saturated rings. The van der Waals surface area contributed by atoms with Crippen LogP contribution >= 0.6 is 12.2 Å². The third-order valence-electron chi connectivity index (χ3n) is 5.97. The van der Waals surface area contributed by atoms with E-state index in [1.807, 2.05) is 84.5 Å². The fraction of sp³-hybridized carbons (Fsp3) is 0.129. The number of pyridine rings is 1. The minimum absolute atomic E-state index is 0.0666. The zero-order chi connectivity index (χ0) is 30.0. The molecular formula is C31H28N3O6S2+. The molecule has 9 nitrogen and oxygen atoms in total. The molecule has 0 radical (unpaired) electrons. The molecule has 1 N–H and O–H groups in total. The predicted molar refractivity (Wildman–Crippen MR) is 162 cm³/mol. The number of rotatable bonds is 9. The molecule has 0 spiro atoms. The van der Waals surface area contributed by atoms with Crippen LogP contribution in [-0.4, -0.2) is 36.8 Å². The van der Waals surface area contributed by atoms with Gasteiger partial charge in [0.1, 0.15) is 18.1 Å². The van der Waals surface area contributed by atoms with Crippen LogP contribution in [0.1, 0.15) is 5.56 Å². The van der Waals surface area contributed by atoms with E-state index in [9.17, 15) is 8.42 Å². The molecule has 0 unspecified atom stereocenters.